The van der Waals surface area contributed by atoms with Gasteiger partial charge in [-0.25, -0.2) is 0 Å². The first-order valence-corrected chi connectivity index (χ1v) is 5.59. The van der Waals surface area contributed by atoms with Gasteiger partial charge in [-0.05, 0) is 19.3 Å². The molecule has 0 amide bonds. The quantitative estimate of drug-likeness (QED) is 0.552. The largest absolute Gasteiger partial charge is 0.392 e. The van der Waals surface area contributed by atoms with Crippen LogP contribution in [0, 0.1) is 5.92 Å². The Morgan fingerprint density at radius 1 is 1.46 bits per heavy atom. The minimum Gasteiger partial charge on any atom is -0.392 e. The fraction of sp³-hybridized carbons (Fsp3) is 1.00. The van der Waals surface area contributed by atoms with Gasteiger partial charge in [0.2, 0.25) is 0 Å². The SMILES string of the molecule is CCCCOC[C@@H]1CC[C@H](O)[C@H]1Cl. The molecule has 1 rings (SSSR count). The monoisotopic (exact) mass is 206 g/mol. The van der Waals surface area contributed by atoms with Crippen LogP contribution in [-0.4, -0.2) is 29.8 Å². The molecule has 0 saturated heterocycles. The highest BCUT2D eigenvalue weighted by atomic mass is 35.5. The Morgan fingerprint density at radius 3 is 2.77 bits per heavy atom. The summed E-state index contributed by atoms with van der Waals surface area (Å²) >= 11 is 6.01. The third-order valence-electron chi connectivity index (χ3n) is 2.63. The molecular formula is C10H19ClO2. The summed E-state index contributed by atoms with van der Waals surface area (Å²) in [6.07, 6.45) is 3.79. The molecule has 1 aliphatic rings. The smallest absolute Gasteiger partial charge is 0.0707 e. The Hall–Kier alpha value is 0.210. The van der Waals surface area contributed by atoms with Gasteiger partial charge in [0, 0.05) is 12.5 Å². The highest BCUT2D eigenvalue weighted by molar-refractivity contribution is 6.21. The van der Waals surface area contributed by atoms with E-state index in [1.165, 1.54) is 0 Å². The van der Waals surface area contributed by atoms with Crippen LogP contribution in [-0.2, 0) is 4.74 Å². The van der Waals surface area contributed by atoms with Gasteiger partial charge in [0.05, 0.1) is 18.1 Å². The fourth-order valence-electron chi connectivity index (χ4n) is 1.67. The summed E-state index contributed by atoms with van der Waals surface area (Å²) in [5, 5.41) is 9.29. The van der Waals surface area contributed by atoms with Crippen molar-refractivity contribution in [2.75, 3.05) is 13.2 Å². The lowest BCUT2D eigenvalue weighted by Gasteiger charge is -2.15. The Kier molecular flexibility index (Phi) is 5.07. The van der Waals surface area contributed by atoms with Crippen LogP contribution in [0.3, 0.4) is 0 Å². The number of halogens is 1. The maximum atomic E-state index is 9.38. The number of hydrogen-bond donors (Lipinski definition) is 1. The van der Waals surface area contributed by atoms with Crippen LogP contribution >= 0.6 is 11.6 Å². The van der Waals surface area contributed by atoms with Crippen LogP contribution in [0.25, 0.3) is 0 Å². The molecule has 2 nitrogen and oxygen atoms in total. The first kappa shape index (κ1) is 11.3. The lowest BCUT2D eigenvalue weighted by Crippen LogP contribution is -2.22. The molecule has 0 bridgehead atoms. The third-order valence-corrected chi connectivity index (χ3v) is 3.27. The van der Waals surface area contributed by atoms with E-state index in [2.05, 4.69) is 6.92 Å². The van der Waals surface area contributed by atoms with Gasteiger partial charge in [0.15, 0.2) is 0 Å². The van der Waals surface area contributed by atoms with E-state index in [-0.39, 0.29) is 11.5 Å². The standard InChI is InChI=1S/C10H19ClO2/c1-2-3-6-13-7-8-4-5-9(12)10(8)11/h8-10,12H,2-7H2,1H3/t8-,9-,10-/m0/s1. The van der Waals surface area contributed by atoms with Crippen LogP contribution in [0.5, 0.6) is 0 Å². The summed E-state index contributed by atoms with van der Waals surface area (Å²) in [4.78, 5) is 0. The predicted octanol–water partition coefficient (Wildman–Crippen LogP) is 2.18. The molecule has 0 aromatic rings. The third kappa shape index (κ3) is 3.45. The maximum Gasteiger partial charge on any atom is 0.0707 e. The lowest BCUT2D eigenvalue weighted by atomic mass is 10.1. The number of rotatable bonds is 5. The van der Waals surface area contributed by atoms with Crippen LogP contribution in [0.15, 0.2) is 0 Å². The second-order valence-electron chi connectivity index (χ2n) is 3.78. The van der Waals surface area contributed by atoms with Gasteiger partial charge >= 0.3 is 0 Å². The Balaban J connectivity index is 2.08. The summed E-state index contributed by atoms with van der Waals surface area (Å²) < 4.78 is 5.48. The molecule has 0 unspecified atom stereocenters. The van der Waals surface area contributed by atoms with E-state index in [9.17, 15) is 5.11 Å². The van der Waals surface area contributed by atoms with E-state index < -0.39 is 0 Å². The minimum atomic E-state index is -0.318. The topological polar surface area (TPSA) is 29.5 Å². The minimum absolute atomic E-state index is 0.0957. The average Bonchev–Trinajstić information content (AvgIpc) is 2.43. The van der Waals surface area contributed by atoms with Crippen molar-refractivity contribution in [2.45, 2.75) is 44.1 Å². The Bertz CT molecular complexity index is 141. The van der Waals surface area contributed by atoms with E-state index in [0.717, 1.165) is 32.3 Å². The van der Waals surface area contributed by atoms with Crippen molar-refractivity contribution < 1.29 is 9.84 Å². The van der Waals surface area contributed by atoms with Gasteiger partial charge in [-0.1, -0.05) is 13.3 Å². The second-order valence-corrected chi connectivity index (χ2v) is 4.28. The van der Waals surface area contributed by atoms with Gasteiger partial charge in [-0.3, -0.25) is 0 Å². The van der Waals surface area contributed by atoms with E-state index in [4.69, 9.17) is 16.3 Å². The summed E-state index contributed by atoms with van der Waals surface area (Å²) in [7, 11) is 0. The molecule has 0 heterocycles. The molecule has 0 aliphatic heterocycles. The van der Waals surface area contributed by atoms with Crippen molar-refractivity contribution in [1.82, 2.24) is 0 Å². The number of aliphatic hydroxyl groups is 1. The summed E-state index contributed by atoms with van der Waals surface area (Å²) in [6.45, 7) is 3.69. The van der Waals surface area contributed by atoms with Gasteiger partial charge < -0.3 is 9.84 Å². The molecule has 0 spiro atoms. The van der Waals surface area contributed by atoms with Gasteiger partial charge in [0.1, 0.15) is 0 Å². The first-order valence-electron chi connectivity index (χ1n) is 5.15. The molecule has 13 heavy (non-hydrogen) atoms. The molecule has 0 aromatic carbocycles. The number of hydrogen-bond acceptors (Lipinski definition) is 2. The zero-order valence-corrected chi connectivity index (χ0v) is 8.96. The molecular weight excluding hydrogens is 188 g/mol. The van der Waals surface area contributed by atoms with Crippen molar-refractivity contribution in [3.05, 3.63) is 0 Å². The summed E-state index contributed by atoms with van der Waals surface area (Å²) in [6, 6.07) is 0. The molecule has 1 aliphatic carbocycles. The van der Waals surface area contributed by atoms with E-state index >= 15 is 0 Å². The van der Waals surface area contributed by atoms with E-state index in [0.29, 0.717) is 12.5 Å². The highest BCUT2D eigenvalue weighted by Crippen LogP contribution is 2.30. The van der Waals surface area contributed by atoms with Crippen molar-refractivity contribution in [3.63, 3.8) is 0 Å². The van der Waals surface area contributed by atoms with Gasteiger partial charge in [-0.2, -0.15) is 0 Å². The molecule has 1 saturated carbocycles. The molecule has 3 heteroatoms. The second kappa shape index (κ2) is 5.84. The van der Waals surface area contributed by atoms with E-state index in [1.807, 2.05) is 0 Å². The number of aliphatic hydroxyl groups excluding tert-OH is 1. The van der Waals surface area contributed by atoms with Crippen LogP contribution in [0.1, 0.15) is 32.6 Å². The van der Waals surface area contributed by atoms with E-state index in [1.54, 1.807) is 0 Å². The zero-order valence-electron chi connectivity index (χ0n) is 8.21. The normalized spacial score (nSPS) is 33.9. The van der Waals surface area contributed by atoms with Crippen LogP contribution in [0.2, 0.25) is 0 Å². The molecule has 1 fully saturated rings. The molecule has 78 valence electrons. The summed E-state index contributed by atoms with van der Waals surface area (Å²) in [5.41, 5.74) is 0. The first-order chi connectivity index (χ1) is 6.25. The Labute approximate surface area is 85.2 Å². The number of ether oxygens (including phenoxy) is 1. The number of alkyl halides is 1. The fourth-order valence-corrected chi connectivity index (χ4v) is 2.00. The molecule has 3 atom stereocenters. The van der Waals surface area contributed by atoms with Crippen molar-refractivity contribution in [3.8, 4) is 0 Å². The average molecular weight is 207 g/mol. The van der Waals surface area contributed by atoms with Gasteiger partial charge in [-0.15, -0.1) is 11.6 Å². The molecule has 0 radical (unpaired) electrons. The van der Waals surface area contributed by atoms with Crippen molar-refractivity contribution >= 4 is 11.6 Å². The lowest BCUT2D eigenvalue weighted by molar-refractivity contribution is 0.0932. The molecule has 1 N–H and O–H groups in total. The number of unbranched alkanes of at least 4 members (excludes halogenated alkanes) is 1. The van der Waals surface area contributed by atoms with Gasteiger partial charge in [0.25, 0.3) is 0 Å². The zero-order chi connectivity index (χ0) is 9.68. The van der Waals surface area contributed by atoms with Crippen LogP contribution < -0.4 is 0 Å². The molecule has 0 aromatic heterocycles. The van der Waals surface area contributed by atoms with Crippen molar-refractivity contribution in [2.24, 2.45) is 5.92 Å². The predicted molar refractivity (Wildman–Crippen MR) is 54.1 cm³/mol. The maximum absolute atomic E-state index is 9.38. The van der Waals surface area contributed by atoms with Crippen molar-refractivity contribution in [1.29, 1.82) is 0 Å². The Morgan fingerprint density at radius 2 is 2.23 bits per heavy atom. The van der Waals surface area contributed by atoms with Crippen LogP contribution in [0.4, 0.5) is 0 Å². The summed E-state index contributed by atoms with van der Waals surface area (Å²) in [5.74, 6) is 0.355. The highest BCUT2D eigenvalue weighted by Gasteiger charge is 2.33.